The zero-order chi connectivity index (χ0) is 9.42. The number of fused-ring (bicyclic) bond motifs is 1. The molecule has 0 saturated carbocycles. The molecule has 1 aliphatic heterocycles. The normalized spacial score (nSPS) is 15.8. The molecule has 1 aliphatic rings. The Bertz CT molecular complexity index is 341. The molecule has 2 rings (SSSR count). The van der Waals surface area contributed by atoms with Crippen LogP contribution in [0.15, 0.2) is 0 Å². The summed E-state index contributed by atoms with van der Waals surface area (Å²) >= 11 is 0. The molecular formula is C9H12N2O2. The number of aromatic amines is 1. The summed E-state index contributed by atoms with van der Waals surface area (Å²) in [4.78, 5) is 11.5. The summed E-state index contributed by atoms with van der Waals surface area (Å²) in [6.07, 6.45) is 0.465. The van der Waals surface area contributed by atoms with E-state index in [1.165, 1.54) is 0 Å². The average Bonchev–Trinajstić information content (AvgIpc) is 2.49. The highest BCUT2D eigenvalue weighted by atomic mass is 16.5. The summed E-state index contributed by atoms with van der Waals surface area (Å²) in [5, 5.41) is 6.82. The van der Waals surface area contributed by atoms with E-state index in [1.807, 2.05) is 13.8 Å². The van der Waals surface area contributed by atoms with E-state index in [1.54, 1.807) is 0 Å². The van der Waals surface area contributed by atoms with Crippen LogP contribution in [0.4, 0.5) is 0 Å². The number of rotatable bonds is 1. The largest absolute Gasteiger partial charge is 0.477 e. The van der Waals surface area contributed by atoms with E-state index in [0.29, 0.717) is 24.5 Å². The third-order valence-electron chi connectivity index (χ3n) is 2.16. The zero-order valence-electron chi connectivity index (χ0n) is 7.76. The van der Waals surface area contributed by atoms with Gasteiger partial charge >= 0.3 is 0 Å². The molecule has 0 spiro atoms. The van der Waals surface area contributed by atoms with Crippen molar-refractivity contribution < 1.29 is 9.53 Å². The lowest BCUT2D eigenvalue weighted by Crippen LogP contribution is -2.15. The summed E-state index contributed by atoms with van der Waals surface area (Å²) in [5.74, 6) is 0.935. The molecule has 0 saturated heterocycles. The smallest absolute Gasteiger partial charge is 0.220 e. The third-order valence-corrected chi connectivity index (χ3v) is 2.16. The second-order valence-electron chi connectivity index (χ2n) is 3.49. The van der Waals surface area contributed by atoms with Crippen LogP contribution in [0.3, 0.4) is 0 Å². The zero-order valence-corrected chi connectivity index (χ0v) is 7.76. The molecule has 13 heavy (non-hydrogen) atoms. The highest BCUT2D eigenvalue weighted by Gasteiger charge is 2.26. The van der Waals surface area contributed by atoms with E-state index in [-0.39, 0.29) is 11.7 Å². The Morgan fingerprint density at radius 2 is 2.31 bits per heavy atom. The van der Waals surface area contributed by atoms with Crippen molar-refractivity contribution >= 4 is 5.78 Å². The third kappa shape index (κ3) is 1.22. The van der Waals surface area contributed by atoms with Gasteiger partial charge in [0.05, 0.1) is 12.3 Å². The fraction of sp³-hybridized carbons (Fsp3) is 0.556. The molecule has 70 valence electrons. The van der Waals surface area contributed by atoms with E-state index in [9.17, 15) is 4.79 Å². The molecule has 0 aromatic carbocycles. The van der Waals surface area contributed by atoms with Crippen molar-refractivity contribution in [3.05, 3.63) is 11.3 Å². The Hall–Kier alpha value is -1.32. The van der Waals surface area contributed by atoms with Crippen LogP contribution in [-0.4, -0.2) is 22.6 Å². The molecule has 0 fully saturated rings. The molecule has 0 aliphatic carbocycles. The highest BCUT2D eigenvalue weighted by Crippen LogP contribution is 2.28. The first-order valence-electron chi connectivity index (χ1n) is 4.44. The maximum atomic E-state index is 11.5. The van der Waals surface area contributed by atoms with Gasteiger partial charge in [-0.1, -0.05) is 13.8 Å². The van der Waals surface area contributed by atoms with Crippen molar-refractivity contribution in [3.8, 4) is 5.88 Å². The number of aromatic nitrogens is 2. The number of ether oxygens (including phenoxy) is 1. The van der Waals surface area contributed by atoms with Gasteiger partial charge in [0, 0.05) is 6.42 Å². The number of carbonyl (C=O) groups excluding carboxylic acids is 1. The molecule has 1 N–H and O–H groups in total. The van der Waals surface area contributed by atoms with Crippen molar-refractivity contribution in [2.45, 2.75) is 26.2 Å². The van der Waals surface area contributed by atoms with Gasteiger partial charge in [0.2, 0.25) is 5.88 Å². The Kier molecular flexibility index (Phi) is 1.83. The minimum absolute atomic E-state index is 0.138. The summed E-state index contributed by atoms with van der Waals surface area (Å²) in [6.45, 7) is 4.49. The molecule has 0 unspecified atom stereocenters. The second kappa shape index (κ2) is 2.87. The lowest BCUT2D eigenvalue weighted by atomic mass is 10.0. The number of hydrogen-bond acceptors (Lipinski definition) is 3. The predicted octanol–water partition coefficient (Wildman–Crippen LogP) is 1.50. The van der Waals surface area contributed by atoms with Gasteiger partial charge in [0.1, 0.15) is 5.56 Å². The molecule has 0 atom stereocenters. The van der Waals surface area contributed by atoms with E-state index in [0.717, 1.165) is 5.69 Å². The van der Waals surface area contributed by atoms with E-state index >= 15 is 0 Å². The van der Waals surface area contributed by atoms with E-state index in [4.69, 9.17) is 4.74 Å². The van der Waals surface area contributed by atoms with Crippen LogP contribution in [0.2, 0.25) is 0 Å². The maximum absolute atomic E-state index is 11.5. The number of nitrogens with zero attached hydrogens (tertiary/aromatic N) is 1. The van der Waals surface area contributed by atoms with Crippen LogP contribution in [0.5, 0.6) is 5.88 Å². The molecule has 0 amide bonds. The van der Waals surface area contributed by atoms with E-state index < -0.39 is 0 Å². The van der Waals surface area contributed by atoms with Crippen molar-refractivity contribution in [1.82, 2.24) is 10.2 Å². The number of hydrogen-bond donors (Lipinski definition) is 1. The van der Waals surface area contributed by atoms with Crippen LogP contribution in [0, 0.1) is 0 Å². The van der Waals surface area contributed by atoms with Crippen molar-refractivity contribution in [2.75, 3.05) is 6.61 Å². The van der Waals surface area contributed by atoms with Crippen molar-refractivity contribution in [1.29, 1.82) is 0 Å². The number of H-pyrrole nitrogens is 1. The van der Waals surface area contributed by atoms with Crippen LogP contribution in [0.25, 0.3) is 0 Å². The minimum atomic E-state index is 0.138. The van der Waals surface area contributed by atoms with Crippen LogP contribution < -0.4 is 4.74 Å². The van der Waals surface area contributed by atoms with Gasteiger partial charge in [0.25, 0.3) is 0 Å². The molecular weight excluding hydrogens is 168 g/mol. The van der Waals surface area contributed by atoms with E-state index in [2.05, 4.69) is 10.2 Å². The molecule has 0 radical (unpaired) electrons. The first-order valence-corrected chi connectivity index (χ1v) is 4.44. The minimum Gasteiger partial charge on any atom is -0.477 e. The van der Waals surface area contributed by atoms with Gasteiger partial charge in [-0.25, -0.2) is 5.10 Å². The Labute approximate surface area is 76.3 Å². The predicted molar refractivity (Wildman–Crippen MR) is 47.1 cm³/mol. The van der Waals surface area contributed by atoms with Gasteiger partial charge in [-0.15, -0.1) is 0 Å². The lowest BCUT2D eigenvalue weighted by Gasteiger charge is -2.12. The molecule has 4 nitrogen and oxygen atoms in total. The fourth-order valence-corrected chi connectivity index (χ4v) is 1.50. The monoisotopic (exact) mass is 180 g/mol. The first-order chi connectivity index (χ1) is 6.20. The Morgan fingerprint density at radius 3 is 3.00 bits per heavy atom. The summed E-state index contributed by atoms with van der Waals surface area (Å²) in [5.41, 5.74) is 1.47. The number of Topliss-reactive ketones (excluding diaryl/α,β-unsaturated/α-hetero) is 1. The summed E-state index contributed by atoms with van der Waals surface area (Å²) in [6, 6.07) is 0. The van der Waals surface area contributed by atoms with Gasteiger partial charge in [0.15, 0.2) is 5.78 Å². The second-order valence-corrected chi connectivity index (χ2v) is 3.49. The Balaban J connectivity index is 2.50. The molecule has 0 bridgehead atoms. The van der Waals surface area contributed by atoms with Gasteiger partial charge in [-0.2, -0.15) is 5.10 Å². The summed E-state index contributed by atoms with van der Waals surface area (Å²) in [7, 11) is 0. The van der Waals surface area contributed by atoms with Gasteiger partial charge in [-0.05, 0) is 5.92 Å². The standard InChI is InChI=1S/C9H12N2O2/c1-5(2)8-7-6(12)3-4-13-9(7)11-10-8/h5H,3-4H2,1-2H3,(H,10,11). The molecule has 4 heteroatoms. The SMILES string of the molecule is CC(C)c1n[nH]c2c1C(=O)CCO2. The van der Waals surface area contributed by atoms with Gasteiger partial charge < -0.3 is 4.74 Å². The highest BCUT2D eigenvalue weighted by molar-refractivity contribution is 6.00. The van der Waals surface area contributed by atoms with Crippen LogP contribution >= 0.6 is 0 Å². The van der Waals surface area contributed by atoms with Crippen LogP contribution in [0.1, 0.15) is 42.2 Å². The summed E-state index contributed by atoms with van der Waals surface area (Å²) < 4.78 is 5.29. The molecule has 1 aromatic rings. The molecule has 1 aromatic heterocycles. The van der Waals surface area contributed by atoms with Crippen molar-refractivity contribution in [2.24, 2.45) is 0 Å². The number of nitrogens with one attached hydrogen (secondary N) is 1. The van der Waals surface area contributed by atoms with Crippen LogP contribution in [-0.2, 0) is 0 Å². The van der Waals surface area contributed by atoms with Crippen molar-refractivity contribution in [3.63, 3.8) is 0 Å². The quantitative estimate of drug-likeness (QED) is 0.712. The lowest BCUT2D eigenvalue weighted by molar-refractivity contribution is 0.0930. The number of ketones is 1. The maximum Gasteiger partial charge on any atom is 0.220 e. The van der Waals surface area contributed by atoms with Gasteiger partial charge in [-0.3, -0.25) is 4.79 Å². The molecule has 2 heterocycles. The first kappa shape index (κ1) is 8.29. The number of carbonyl (C=O) groups is 1. The topological polar surface area (TPSA) is 55.0 Å². The Morgan fingerprint density at radius 1 is 1.54 bits per heavy atom. The fourth-order valence-electron chi connectivity index (χ4n) is 1.50. The average molecular weight is 180 g/mol.